The molecule has 2 heterocycles. The van der Waals surface area contributed by atoms with Crippen molar-refractivity contribution in [1.29, 1.82) is 0 Å². The van der Waals surface area contributed by atoms with E-state index in [1.165, 1.54) is 5.56 Å². The fourth-order valence-corrected chi connectivity index (χ4v) is 2.90. The molecule has 0 aliphatic carbocycles. The Morgan fingerprint density at radius 1 is 1.00 bits per heavy atom. The number of fused-ring (bicyclic) bond motifs is 1. The van der Waals surface area contributed by atoms with E-state index < -0.39 is 0 Å². The molecule has 0 amide bonds. The molecule has 1 aliphatic rings. The second kappa shape index (κ2) is 8.85. The Kier molecular flexibility index (Phi) is 6.28. The van der Waals surface area contributed by atoms with E-state index in [1.807, 2.05) is 36.4 Å². The standard InChI is InChI=1S/C19H20N4O3.ClH/c20-8-9-23(11-14-4-2-1-3-5-14)12-18-21-19(22-26-18)15-6-7-16-17(10-15)25-13-24-16;/h1-7,10H,8-9,11-13,20H2;1H. The number of hydrogen-bond donors (Lipinski definition) is 1. The maximum Gasteiger partial charge on any atom is 0.241 e. The SMILES string of the molecule is Cl.NCCN(Cc1ccccc1)Cc1nc(-c2ccc3c(c2)OCO3)no1. The zero-order chi connectivity index (χ0) is 17.8. The number of halogens is 1. The van der Waals surface area contributed by atoms with Crippen LogP contribution < -0.4 is 15.2 Å². The van der Waals surface area contributed by atoms with Crippen LogP contribution in [0.3, 0.4) is 0 Å². The van der Waals surface area contributed by atoms with E-state index in [-0.39, 0.29) is 19.2 Å². The summed E-state index contributed by atoms with van der Waals surface area (Å²) in [6, 6.07) is 15.9. The predicted octanol–water partition coefficient (Wildman–Crippen LogP) is 2.85. The molecule has 27 heavy (non-hydrogen) atoms. The van der Waals surface area contributed by atoms with Crippen LogP contribution in [-0.4, -0.2) is 34.9 Å². The molecule has 1 aliphatic heterocycles. The summed E-state index contributed by atoms with van der Waals surface area (Å²) in [6.45, 7) is 2.87. The lowest BCUT2D eigenvalue weighted by atomic mass is 10.2. The fourth-order valence-electron chi connectivity index (χ4n) is 2.90. The molecule has 8 heteroatoms. The van der Waals surface area contributed by atoms with Crippen LogP contribution in [0, 0.1) is 0 Å². The Bertz CT molecular complexity index is 872. The summed E-state index contributed by atoms with van der Waals surface area (Å²) in [7, 11) is 0. The molecule has 1 aromatic heterocycles. The summed E-state index contributed by atoms with van der Waals surface area (Å²) in [6.07, 6.45) is 0. The summed E-state index contributed by atoms with van der Waals surface area (Å²) in [4.78, 5) is 6.70. The third-order valence-electron chi connectivity index (χ3n) is 4.15. The third kappa shape index (κ3) is 4.57. The van der Waals surface area contributed by atoms with Gasteiger partial charge in [0.1, 0.15) is 0 Å². The molecule has 0 fully saturated rings. The molecule has 2 aromatic carbocycles. The Balaban J connectivity index is 0.00000210. The monoisotopic (exact) mass is 388 g/mol. The van der Waals surface area contributed by atoms with Crippen LogP contribution in [0.4, 0.5) is 0 Å². The number of benzene rings is 2. The summed E-state index contributed by atoms with van der Waals surface area (Å²) in [5, 5.41) is 4.09. The predicted molar refractivity (Wildman–Crippen MR) is 103 cm³/mol. The van der Waals surface area contributed by atoms with Gasteiger partial charge in [0, 0.05) is 25.2 Å². The van der Waals surface area contributed by atoms with Crippen molar-refractivity contribution in [2.75, 3.05) is 19.9 Å². The largest absolute Gasteiger partial charge is 0.454 e. The number of ether oxygens (including phenoxy) is 2. The van der Waals surface area contributed by atoms with Gasteiger partial charge in [-0.2, -0.15) is 4.98 Å². The third-order valence-corrected chi connectivity index (χ3v) is 4.15. The molecular weight excluding hydrogens is 368 g/mol. The van der Waals surface area contributed by atoms with Gasteiger partial charge in [-0.05, 0) is 23.8 Å². The minimum Gasteiger partial charge on any atom is -0.454 e. The van der Waals surface area contributed by atoms with E-state index >= 15 is 0 Å². The lowest BCUT2D eigenvalue weighted by Gasteiger charge is -2.19. The van der Waals surface area contributed by atoms with E-state index in [4.69, 9.17) is 19.7 Å². The zero-order valence-corrected chi connectivity index (χ0v) is 15.5. The van der Waals surface area contributed by atoms with Crippen molar-refractivity contribution in [3.63, 3.8) is 0 Å². The normalized spacial score (nSPS) is 12.2. The van der Waals surface area contributed by atoms with Crippen LogP contribution in [0.5, 0.6) is 11.5 Å². The Hall–Kier alpha value is -2.61. The van der Waals surface area contributed by atoms with E-state index in [2.05, 4.69) is 27.2 Å². The molecule has 2 N–H and O–H groups in total. The first-order valence-corrected chi connectivity index (χ1v) is 8.51. The summed E-state index contributed by atoms with van der Waals surface area (Å²) < 4.78 is 16.2. The second-order valence-electron chi connectivity index (χ2n) is 6.06. The highest BCUT2D eigenvalue weighted by Gasteiger charge is 2.17. The maximum absolute atomic E-state index is 5.75. The molecule has 0 bridgehead atoms. The molecule has 0 unspecified atom stereocenters. The van der Waals surface area contributed by atoms with Gasteiger partial charge in [-0.25, -0.2) is 0 Å². The van der Waals surface area contributed by atoms with Gasteiger partial charge in [0.05, 0.1) is 6.54 Å². The van der Waals surface area contributed by atoms with Gasteiger partial charge in [0.2, 0.25) is 18.5 Å². The first-order valence-electron chi connectivity index (χ1n) is 8.51. The van der Waals surface area contributed by atoms with Crippen LogP contribution in [0.15, 0.2) is 53.1 Å². The highest BCUT2D eigenvalue weighted by atomic mass is 35.5. The van der Waals surface area contributed by atoms with Gasteiger partial charge in [0.15, 0.2) is 11.5 Å². The quantitative estimate of drug-likeness (QED) is 0.665. The van der Waals surface area contributed by atoms with Crippen LogP contribution >= 0.6 is 12.4 Å². The molecule has 3 aromatic rings. The van der Waals surface area contributed by atoms with Crippen LogP contribution in [-0.2, 0) is 13.1 Å². The number of nitrogens with zero attached hydrogens (tertiary/aromatic N) is 3. The van der Waals surface area contributed by atoms with Crippen molar-refractivity contribution in [1.82, 2.24) is 15.0 Å². The smallest absolute Gasteiger partial charge is 0.241 e. The zero-order valence-electron chi connectivity index (χ0n) is 14.7. The minimum absolute atomic E-state index is 0. The van der Waals surface area contributed by atoms with Gasteiger partial charge >= 0.3 is 0 Å². The molecule has 0 radical (unpaired) electrons. The lowest BCUT2D eigenvalue weighted by Crippen LogP contribution is -2.28. The number of rotatable bonds is 7. The second-order valence-corrected chi connectivity index (χ2v) is 6.06. The van der Waals surface area contributed by atoms with Crippen molar-refractivity contribution in [3.05, 3.63) is 60.0 Å². The number of aromatic nitrogens is 2. The average Bonchev–Trinajstić information content (AvgIpc) is 3.31. The van der Waals surface area contributed by atoms with Crippen LogP contribution in [0.1, 0.15) is 11.5 Å². The molecular formula is C19H21ClN4O3. The van der Waals surface area contributed by atoms with Gasteiger partial charge in [-0.3, -0.25) is 4.90 Å². The van der Waals surface area contributed by atoms with Gasteiger partial charge < -0.3 is 19.7 Å². The highest BCUT2D eigenvalue weighted by molar-refractivity contribution is 5.85. The van der Waals surface area contributed by atoms with Gasteiger partial charge in [0.25, 0.3) is 0 Å². The fraction of sp³-hybridized carbons (Fsp3) is 0.263. The lowest BCUT2D eigenvalue weighted by molar-refractivity contribution is 0.174. The van der Waals surface area contributed by atoms with E-state index in [0.29, 0.717) is 30.6 Å². The minimum atomic E-state index is 0. The van der Waals surface area contributed by atoms with Gasteiger partial charge in [-0.15, -0.1) is 12.4 Å². The summed E-state index contributed by atoms with van der Waals surface area (Å²) in [5.74, 6) is 2.52. The van der Waals surface area contributed by atoms with Crippen molar-refractivity contribution < 1.29 is 14.0 Å². The Morgan fingerprint density at radius 2 is 1.81 bits per heavy atom. The average molecular weight is 389 g/mol. The van der Waals surface area contributed by atoms with Crippen molar-refractivity contribution >= 4 is 12.4 Å². The molecule has 0 atom stereocenters. The van der Waals surface area contributed by atoms with Crippen molar-refractivity contribution in [2.45, 2.75) is 13.1 Å². The Labute approximate surface area is 163 Å². The van der Waals surface area contributed by atoms with E-state index in [9.17, 15) is 0 Å². The molecule has 142 valence electrons. The van der Waals surface area contributed by atoms with Crippen molar-refractivity contribution in [3.8, 4) is 22.9 Å². The number of hydrogen-bond acceptors (Lipinski definition) is 7. The van der Waals surface area contributed by atoms with Crippen LogP contribution in [0.2, 0.25) is 0 Å². The van der Waals surface area contributed by atoms with E-state index in [0.717, 1.165) is 24.4 Å². The van der Waals surface area contributed by atoms with Crippen molar-refractivity contribution in [2.24, 2.45) is 5.73 Å². The first kappa shape index (κ1) is 19.2. The molecule has 0 saturated heterocycles. The van der Waals surface area contributed by atoms with Gasteiger partial charge in [-0.1, -0.05) is 35.5 Å². The molecule has 4 rings (SSSR count). The first-order chi connectivity index (χ1) is 12.8. The molecule has 0 spiro atoms. The Morgan fingerprint density at radius 3 is 2.63 bits per heavy atom. The summed E-state index contributed by atoms with van der Waals surface area (Å²) >= 11 is 0. The van der Waals surface area contributed by atoms with E-state index in [1.54, 1.807) is 0 Å². The summed E-state index contributed by atoms with van der Waals surface area (Å²) in [5.41, 5.74) is 7.80. The number of nitrogens with two attached hydrogens (primary N) is 1. The maximum atomic E-state index is 5.75. The topological polar surface area (TPSA) is 86.6 Å². The molecule has 0 saturated carbocycles. The highest BCUT2D eigenvalue weighted by Crippen LogP contribution is 2.35. The molecule has 7 nitrogen and oxygen atoms in total. The van der Waals surface area contributed by atoms with Crippen LogP contribution in [0.25, 0.3) is 11.4 Å².